The zero-order chi connectivity index (χ0) is 16.8. The minimum Gasteiger partial charge on any atom is -0.497 e. The number of nitrogens with one attached hydrogen (secondary N) is 1. The number of hydrogen-bond acceptors (Lipinski definition) is 5. The van der Waals surface area contributed by atoms with Gasteiger partial charge in [0.25, 0.3) is 5.91 Å². The zero-order valence-electron chi connectivity index (χ0n) is 13.1. The van der Waals surface area contributed by atoms with E-state index >= 15 is 0 Å². The fraction of sp³-hybridized carbons (Fsp3) is 0.111. The fourth-order valence-corrected chi connectivity index (χ4v) is 2.19. The van der Waals surface area contributed by atoms with Crippen LogP contribution in [-0.4, -0.2) is 28.0 Å². The molecule has 1 N–H and O–H groups in total. The maximum absolute atomic E-state index is 12.0. The van der Waals surface area contributed by atoms with Crippen molar-refractivity contribution < 1.29 is 9.53 Å². The lowest BCUT2D eigenvalue weighted by Crippen LogP contribution is -2.23. The molecule has 0 aliphatic rings. The SMILES string of the molecule is COc1ccc(-c2cc(CNC(=O)c3ccncc3)ncn2)cc1. The van der Waals surface area contributed by atoms with E-state index < -0.39 is 0 Å². The second-order valence-electron chi connectivity index (χ2n) is 5.04. The van der Waals surface area contributed by atoms with Crippen LogP contribution < -0.4 is 10.1 Å². The third kappa shape index (κ3) is 3.73. The van der Waals surface area contributed by atoms with Crippen molar-refractivity contribution in [1.82, 2.24) is 20.3 Å². The van der Waals surface area contributed by atoms with E-state index in [1.807, 2.05) is 30.3 Å². The van der Waals surface area contributed by atoms with Gasteiger partial charge >= 0.3 is 0 Å². The lowest BCUT2D eigenvalue weighted by Gasteiger charge is -2.07. The molecule has 1 aromatic carbocycles. The number of carbonyl (C=O) groups is 1. The number of hydrogen-bond donors (Lipinski definition) is 1. The van der Waals surface area contributed by atoms with E-state index in [0.717, 1.165) is 22.7 Å². The highest BCUT2D eigenvalue weighted by molar-refractivity contribution is 5.93. The van der Waals surface area contributed by atoms with Crippen LogP contribution >= 0.6 is 0 Å². The summed E-state index contributed by atoms with van der Waals surface area (Å²) >= 11 is 0. The van der Waals surface area contributed by atoms with Gasteiger partial charge in [-0.2, -0.15) is 0 Å². The molecule has 1 amide bonds. The Bertz CT molecular complexity index is 820. The van der Waals surface area contributed by atoms with Gasteiger partial charge < -0.3 is 10.1 Å². The highest BCUT2D eigenvalue weighted by Gasteiger charge is 2.06. The summed E-state index contributed by atoms with van der Waals surface area (Å²) in [5.74, 6) is 0.625. The Morgan fingerprint density at radius 1 is 1.08 bits per heavy atom. The smallest absolute Gasteiger partial charge is 0.251 e. The van der Waals surface area contributed by atoms with Crippen LogP contribution in [0.1, 0.15) is 16.1 Å². The maximum atomic E-state index is 12.0. The first-order valence-corrected chi connectivity index (χ1v) is 7.40. The Morgan fingerprint density at radius 3 is 2.54 bits per heavy atom. The van der Waals surface area contributed by atoms with Gasteiger partial charge in [-0.1, -0.05) is 0 Å². The summed E-state index contributed by atoms with van der Waals surface area (Å²) in [6.07, 6.45) is 4.66. The van der Waals surface area contributed by atoms with Gasteiger partial charge in [0, 0.05) is 23.5 Å². The molecule has 0 saturated heterocycles. The molecule has 6 heteroatoms. The Balaban J connectivity index is 1.70. The van der Waals surface area contributed by atoms with Crippen molar-refractivity contribution in [2.75, 3.05) is 7.11 Å². The number of ether oxygens (including phenoxy) is 1. The van der Waals surface area contributed by atoms with Gasteiger partial charge in [0.1, 0.15) is 12.1 Å². The lowest BCUT2D eigenvalue weighted by atomic mass is 10.1. The van der Waals surface area contributed by atoms with Gasteiger partial charge in [0.05, 0.1) is 25.0 Å². The van der Waals surface area contributed by atoms with Crippen LogP contribution in [0, 0.1) is 0 Å². The number of rotatable bonds is 5. The van der Waals surface area contributed by atoms with Crippen LogP contribution in [0.2, 0.25) is 0 Å². The molecule has 120 valence electrons. The summed E-state index contributed by atoms with van der Waals surface area (Å²) in [5.41, 5.74) is 3.05. The molecule has 0 spiro atoms. The summed E-state index contributed by atoms with van der Waals surface area (Å²) in [4.78, 5) is 24.4. The molecule has 3 aromatic rings. The Labute approximate surface area is 139 Å². The molecule has 0 bridgehead atoms. The van der Waals surface area contributed by atoms with E-state index in [1.54, 1.807) is 31.6 Å². The number of pyridine rings is 1. The van der Waals surface area contributed by atoms with Crippen molar-refractivity contribution in [1.29, 1.82) is 0 Å². The van der Waals surface area contributed by atoms with Gasteiger partial charge in [-0.3, -0.25) is 9.78 Å². The molecule has 0 radical (unpaired) electrons. The average Bonchev–Trinajstić information content (AvgIpc) is 2.67. The summed E-state index contributed by atoms with van der Waals surface area (Å²) in [7, 11) is 1.63. The molecule has 0 saturated carbocycles. The van der Waals surface area contributed by atoms with Crippen molar-refractivity contribution >= 4 is 5.91 Å². The molecule has 6 nitrogen and oxygen atoms in total. The third-order valence-electron chi connectivity index (χ3n) is 3.48. The first kappa shape index (κ1) is 15.6. The summed E-state index contributed by atoms with van der Waals surface area (Å²) in [5, 5.41) is 2.84. The molecule has 0 aliphatic heterocycles. The Morgan fingerprint density at radius 2 is 1.83 bits per heavy atom. The molecule has 2 aromatic heterocycles. The van der Waals surface area contributed by atoms with Crippen molar-refractivity contribution in [3.63, 3.8) is 0 Å². The quantitative estimate of drug-likeness (QED) is 0.781. The second-order valence-corrected chi connectivity index (χ2v) is 5.04. The number of nitrogens with zero attached hydrogens (tertiary/aromatic N) is 3. The van der Waals surface area contributed by atoms with E-state index in [-0.39, 0.29) is 5.91 Å². The molecule has 0 aliphatic carbocycles. The van der Waals surface area contributed by atoms with Gasteiger partial charge in [0.15, 0.2) is 0 Å². The molecular weight excluding hydrogens is 304 g/mol. The molecule has 24 heavy (non-hydrogen) atoms. The van der Waals surface area contributed by atoms with Crippen molar-refractivity contribution in [3.8, 4) is 17.0 Å². The van der Waals surface area contributed by atoms with Crippen LogP contribution in [0.25, 0.3) is 11.3 Å². The van der Waals surface area contributed by atoms with Crippen LogP contribution in [0.4, 0.5) is 0 Å². The molecule has 0 atom stereocenters. The number of carbonyl (C=O) groups excluding carboxylic acids is 1. The molecular formula is C18H16N4O2. The van der Waals surface area contributed by atoms with Gasteiger partial charge in [-0.15, -0.1) is 0 Å². The van der Waals surface area contributed by atoms with Crippen LogP contribution in [-0.2, 0) is 6.54 Å². The van der Waals surface area contributed by atoms with Crippen LogP contribution in [0.3, 0.4) is 0 Å². The predicted molar refractivity (Wildman–Crippen MR) is 89.4 cm³/mol. The number of aromatic nitrogens is 3. The highest BCUT2D eigenvalue weighted by atomic mass is 16.5. The molecule has 0 fully saturated rings. The third-order valence-corrected chi connectivity index (χ3v) is 3.48. The Kier molecular flexibility index (Phi) is 4.76. The molecule has 3 rings (SSSR count). The van der Waals surface area contributed by atoms with Crippen molar-refractivity contribution in [2.45, 2.75) is 6.54 Å². The number of methoxy groups -OCH3 is 1. The lowest BCUT2D eigenvalue weighted by molar-refractivity contribution is 0.0950. The Hall–Kier alpha value is -3.28. The standard InChI is InChI=1S/C18H16N4O2/c1-24-16-4-2-13(3-5-16)17-10-15(21-12-22-17)11-20-18(23)14-6-8-19-9-7-14/h2-10,12H,11H2,1H3,(H,20,23). The van der Waals surface area contributed by atoms with Gasteiger partial charge in [-0.25, -0.2) is 9.97 Å². The van der Waals surface area contributed by atoms with E-state index in [1.165, 1.54) is 6.33 Å². The summed E-state index contributed by atoms with van der Waals surface area (Å²) < 4.78 is 5.15. The van der Waals surface area contributed by atoms with Crippen LogP contribution in [0.5, 0.6) is 5.75 Å². The monoisotopic (exact) mass is 320 g/mol. The minimum atomic E-state index is -0.165. The topological polar surface area (TPSA) is 77.0 Å². The average molecular weight is 320 g/mol. The van der Waals surface area contributed by atoms with Gasteiger partial charge in [0.2, 0.25) is 0 Å². The molecule has 2 heterocycles. The van der Waals surface area contributed by atoms with Crippen molar-refractivity contribution in [2.24, 2.45) is 0 Å². The number of amides is 1. The van der Waals surface area contributed by atoms with E-state index in [2.05, 4.69) is 20.3 Å². The predicted octanol–water partition coefficient (Wildman–Crippen LogP) is 2.48. The zero-order valence-corrected chi connectivity index (χ0v) is 13.1. The summed E-state index contributed by atoms with van der Waals surface area (Å²) in [6.45, 7) is 0.326. The van der Waals surface area contributed by atoms with E-state index in [0.29, 0.717) is 12.1 Å². The van der Waals surface area contributed by atoms with E-state index in [4.69, 9.17) is 4.74 Å². The van der Waals surface area contributed by atoms with Crippen LogP contribution in [0.15, 0.2) is 61.2 Å². The largest absolute Gasteiger partial charge is 0.497 e. The molecule has 0 unspecified atom stereocenters. The fourth-order valence-electron chi connectivity index (χ4n) is 2.19. The first-order chi connectivity index (χ1) is 11.8. The van der Waals surface area contributed by atoms with E-state index in [9.17, 15) is 4.79 Å². The number of benzene rings is 1. The maximum Gasteiger partial charge on any atom is 0.251 e. The first-order valence-electron chi connectivity index (χ1n) is 7.40. The normalized spacial score (nSPS) is 10.2. The van der Waals surface area contributed by atoms with Gasteiger partial charge in [-0.05, 0) is 42.5 Å². The second kappa shape index (κ2) is 7.32. The van der Waals surface area contributed by atoms with Crippen molar-refractivity contribution in [3.05, 3.63) is 72.4 Å². The minimum absolute atomic E-state index is 0.165. The summed E-state index contributed by atoms with van der Waals surface area (Å²) in [6, 6.07) is 12.8. The highest BCUT2D eigenvalue weighted by Crippen LogP contribution is 2.20.